The first-order valence-corrected chi connectivity index (χ1v) is 8.26. The zero-order valence-corrected chi connectivity index (χ0v) is 14.4. The Morgan fingerprint density at radius 3 is 2.42 bits per heavy atom. The van der Waals surface area contributed by atoms with Crippen molar-refractivity contribution in [2.75, 3.05) is 13.1 Å². The molecule has 0 spiro atoms. The highest BCUT2D eigenvalue weighted by molar-refractivity contribution is 5.74. The van der Waals surface area contributed by atoms with Crippen molar-refractivity contribution in [1.82, 2.24) is 10.6 Å². The van der Waals surface area contributed by atoms with E-state index in [4.69, 9.17) is 0 Å². The van der Waals surface area contributed by atoms with E-state index in [1.165, 1.54) is 18.2 Å². The standard InChI is InChI=1S/C19H22F4N2O/c1-4-6-13(5-2)18(20,21)10-24-17(26)25-11-19(22,23)14-7-8-15-12(3)16(15)9-14/h4-9,12,15-16H,1-2,10-11H2,3H3,(H2,24,25,26)/b13-6+. The third kappa shape index (κ3) is 4.45. The van der Waals surface area contributed by atoms with Gasteiger partial charge in [-0.25, -0.2) is 4.79 Å². The molecule has 142 valence electrons. The van der Waals surface area contributed by atoms with Crippen molar-refractivity contribution < 1.29 is 22.4 Å². The van der Waals surface area contributed by atoms with Gasteiger partial charge in [0.25, 0.3) is 11.8 Å². The van der Waals surface area contributed by atoms with Crippen molar-refractivity contribution in [2.24, 2.45) is 17.8 Å². The summed E-state index contributed by atoms with van der Waals surface area (Å²) in [7, 11) is 0. The summed E-state index contributed by atoms with van der Waals surface area (Å²) in [5, 5.41) is 3.85. The van der Waals surface area contributed by atoms with Gasteiger partial charge in [-0.05, 0) is 17.8 Å². The Morgan fingerprint density at radius 2 is 1.85 bits per heavy atom. The molecule has 0 saturated heterocycles. The largest absolute Gasteiger partial charge is 0.332 e. The molecule has 0 bridgehead atoms. The maximum atomic E-state index is 14.2. The monoisotopic (exact) mass is 370 g/mol. The molecular formula is C19H22F4N2O. The van der Waals surface area contributed by atoms with Crippen LogP contribution in [0.25, 0.3) is 0 Å². The van der Waals surface area contributed by atoms with Gasteiger partial charge in [0.15, 0.2) is 0 Å². The topological polar surface area (TPSA) is 41.1 Å². The van der Waals surface area contributed by atoms with Crippen LogP contribution in [0.2, 0.25) is 0 Å². The molecule has 0 aromatic rings. The number of rotatable bonds is 8. The van der Waals surface area contributed by atoms with Crippen LogP contribution < -0.4 is 10.6 Å². The van der Waals surface area contributed by atoms with Crippen molar-refractivity contribution in [3.05, 3.63) is 60.8 Å². The molecule has 0 radical (unpaired) electrons. The van der Waals surface area contributed by atoms with Crippen LogP contribution in [0.4, 0.5) is 22.4 Å². The molecule has 0 heterocycles. The van der Waals surface area contributed by atoms with Gasteiger partial charge in [-0.2, -0.15) is 17.6 Å². The highest BCUT2D eigenvalue weighted by Gasteiger charge is 2.47. The minimum atomic E-state index is -3.39. The smallest absolute Gasteiger partial charge is 0.315 e. The second-order valence-electron chi connectivity index (χ2n) is 6.50. The van der Waals surface area contributed by atoms with Crippen LogP contribution in [0.5, 0.6) is 0 Å². The minimum Gasteiger partial charge on any atom is -0.332 e. The number of allylic oxidation sites excluding steroid dienone is 6. The summed E-state index contributed by atoms with van der Waals surface area (Å²) >= 11 is 0. The summed E-state index contributed by atoms with van der Waals surface area (Å²) in [4.78, 5) is 11.6. The average Bonchev–Trinajstić information content (AvgIpc) is 3.25. The van der Waals surface area contributed by atoms with Crippen molar-refractivity contribution in [3.63, 3.8) is 0 Å². The average molecular weight is 370 g/mol. The van der Waals surface area contributed by atoms with Gasteiger partial charge >= 0.3 is 6.03 Å². The first-order valence-electron chi connectivity index (χ1n) is 8.26. The summed E-state index contributed by atoms with van der Waals surface area (Å²) in [6.45, 7) is 6.57. The summed E-state index contributed by atoms with van der Waals surface area (Å²) in [6, 6.07) is -1.09. The number of halogens is 4. The van der Waals surface area contributed by atoms with Crippen LogP contribution in [0.3, 0.4) is 0 Å². The molecule has 0 aromatic carbocycles. The Morgan fingerprint density at radius 1 is 1.19 bits per heavy atom. The maximum Gasteiger partial charge on any atom is 0.315 e. The predicted octanol–water partition coefficient (Wildman–Crippen LogP) is 4.23. The lowest BCUT2D eigenvalue weighted by molar-refractivity contribution is 0.0426. The molecule has 1 fully saturated rings. The fourth-order valence-corrected chi connectivity index (χ4v) is 2.93. The molecule has 2 rings (SSSR count). The molecule has 2 aliphatic carbocycles. The maximum absolute atomic E-state index is 14.2. The van der Waals surface area contributed by atoms with Crippen molar-refractivity contribution in [3.8, 4) is 0 Å². The quantitative estimate of drug-likeness (QED) is 0.487. The number of hydrogen-bond donors (Lipinski definition) is 2. The van der Waals surface area contributed by atoms with E-state index in [-0.39, 0.29) is 11.5 Å². The molecule has 1 saturated carbocycles. The fourth-order valence-electron chi connectivity index (χ4n) is 2.93. The third-order valence-electron chi connectivity index (χ3n) is 4.69. The molecule has 2 amide bonds. The molecule has 7 heteroatoms. The number of alkyl halides is 4. The van der Waals surface area contributed by atoms with Gasteiger partial charge in [-0.1, -0.05) is 56.5 Å². The Bertz CT molecular complexity index is 679. The van der Waals surface area contributed by atoms with E-state index in [0.717, 1.165) is 12.2 Å². The molecule has 0 aromatic heterocycles. The minimum absolute atomic E-state index is 0.113. The van der Waals surface area contributed by atoms with Crippen molar-refractivity contribution in [2.45, 2.75) is 18.8 Å². The molecule has 0 aliphatic heterocycles. The van der Waals surface area contributed by atoms with Gasteiger partial charge in [0.05, 0.1) is 13.1 Å². The molecule has 2 N–H and O–H groups in total. The first-order chi connectivity index (χ1) is 12.1. The fraction of sp³-hybridized carbons (Fsp3) is 0.421. The number of hydrogen-bond acceptors (Lipinski definition) is 1. The Balaban J connectivity index is 1.85. The van der Waals surface area contributed by atoms with Gasteiger partial charge in [-0.3, -0.25) is 0 Å². The summed E-state index contributed by atoms with van der Waals surface area (Å²) in [6.07, 6.45) is 7.83. The predicted molar refractivity (Wildman–Crippen MR) is 93.1 cm³/mol. The van der Waals surface area contributed by atoms with Gasteiger partial charge < -0.3 is 10.6 Å². The molecule has 3 atom stereocenters. The second-order valence-corrected chi connectivity index (χ2v) is 6.50. The molecule has 26 heavy (non-hydrogen) atoms. The van der Waals surface area contributed by atoms with Gasteiger partial charge in [0.1, 0.15) is 0 Å². The van der Waals surface area contributed by atoms with Crippen LogP contribution in [-0.2, 0) is 0 Å². The van der Waals surface area contributed by atoms with E-state index in [1.54, 1.807) is 6.08 Å². The van der Waals surface area contributed by atoms with E-state index >= 15 is 0 Å². The summed E-state index contributed by atoms with van der Waals surface area (Å²) in [5.74, 6) is -5.88. The Hall–Kier alpha value is -2.31. The summed E-state index contributed by atoms with van der Waals surface area (Å²) < 4.78 is 56.2. The van der Waals surface area contributed by atoms with Crippen LogP contribution in [0.1, 0.15) is 6.92 Å². The zero-order valence-electron chi connectivity index (χ0n) is 14.4. The number of urea groups is 1. The van der Waals surface area contributed by atoms with E-state index < -0.39 is 36.5 Å². The zero-order chi connectivity index (χ0) is 19.5. The van der Waals surface area contributed by atoms with Crippen LogP contribution >= 0.6 is 0 Å². The SMILES string of the molecule is C=C/C=C(\C=C)C(F)(F)CNC(=O)NCC(F)(F)C1=CC2C(C)C2C=C1. The number of carbonyl (C=O) groups excluding carboxylic acids is 1. The highest BCUT2D eigenvalue weighted by Crippen LogP contribution is 2.52. The van der Waals surface area contributed by atoms with E-state index in [9.17, 15) is 22.4 Å². The van der Waals surface area contributed by atoms with Crippen molar-refractivity contribution >= 4 is 6.03 Å². The third-order valence-corrected chi connectivity index (χ3v) is 4.69. The van der Waals surface area contributed by atoms with Gasteiger partial charge in [0.2, 0.25) is 0 Å². The number of fused-ring (bicyclic) bond motifs is 1. The lowest BCUT2D eigenvalue weighted by atomic mass is 10.0. The van der Waals surface area contributed by atoms with Gasteiger partial charge in [-0.15, -0.1) is 0 Å². The highest BCUT2D eigenvalue weighted by atomic mass is 19.3. The second kappa shape index (κ2) is 7.51. The lowest BCUT2D eigenvalue weighted by Crippen LogP contribution is -2.46. The number of nitrogens with one attached hydrogen (secondary N) is 2. The van der Waals surface area contributed by atoms with E-state index in [0.29, 0.717) is 11.8 Å². The first kappa shape index (κ1) is 20.0. The molecule has 3 nitrogen and oxygen atoms in total. The normalized spacial score (nSPS) is 25.0. The summed E-state index contributed by atoms with van der Waals surface area (Å²) in [5.41, 5.74) is -0.583. The number of amides is 2. The van der Waals surface area contributed by atoms with Crippen LogP contribution in [0, 0.1) is 17.8 Å². The van der Waals surface area contributed by atoms with Crippen molar-refractivity contribution in [1.29, 1.82) is 0 Å². The Kier molecular flexibility index (Phi) is 5.78. The molecule has 3 unspecified atom stereocenters. The molecular weight excluding hydrogens is 348 g/mol. The van der Waals surface area contributed by atoms with E-state index in [2.05, 4.69) is 13.2 Å². The molecule has 2 aliphatic rings. The lowest BCUT2D eigenvalue weighted by Gasteiger charge is -2.21. The van der Waals surface area contributed by atoms with Gasteiger partial charge in [0, 0.05) is 11.1 Å². The van der Waals surface area contributed by atoms with Crippen LogP contribution in [-0.4, -0.2) is 31.0 Å². The van der Waals surface area contributed by atoms with Crippen LogP contribution in [0.15, 0.2) is 60.8 Å². The van der Waals surface area contributed by atoms with E-state index in [1.807, 2.05) is 17.6 Å². The Labute approximate surface area is 150 Å². The number of carbonyl (C=O) groups is 1.